The maximum absolute atomic E-state index is 15.0. The van der Waals surface area contributed by atoms with Crippen molar-refractivity contribution in [2.24, 2.45) is 7.05 Å². The van der Waals surface area contributed by atoms with Gasteiger partial charge in [0.05, 0.1) is 28.4 Å². The van der Waals surface area contributed by atoms with E-state index in [0.29, 0.717) is 48.6 Å². The van der Waals surface area contributed by atoms with Gasteiger partial charge in [0.1, 0.15) is 18.2 Å². The largest absolute Gasteiger partial charge is 0.488 e. The van der Waals surface area contributed by atoms with Crippen molar-refractivity contribution in [1.29, 1.82) is 0 Å². The van der Waals surface area contributed by atoms with Gasteiger partial charge in [-0.15, -0.1) is 0 Å². The van der Waals surface area contributed by atoms with Crippen molar-refractivity contribution in [1.82, 2.24) is 19.4 Å². The van der Waals surface area contributed by atoms with Crippen LogP contribution < -0.4 is 15.6 Å². The molecule has 0 radical (unpaired) electrons. The number of amides is 1. The number of carbonyl (C=O) groups is 1. The molecule has 0 unspecified atom stereocenters. The van der Waals surface area contributed by atoms with E-state index in [1.807, 2.05) is 19.0 Å². The number of anilines is 1. The van der Waals surface area contributed by atoms with Crippen molar-refractivity contribution in [3.8, 4) is 5.75 Å². The lowest BCUT2D eigenvalue weighted by atomic mass is 9.84. The lowest BCUT2D eigenvalue weighted by molar-refractivity contribution is -0.133. The maximum atomic E-state index is 15.0. The molecule has 4 rings (SSSR count). The second-order valence-corrected chi connectivity index (χ2v) is 11.2. The Labute approximate surface area is 242 Å². The lowest BCUT2D eigenvalue weighted by Crippen LogP contribution is -2.47. The molecule has 1 aromatic carbocycles. The minimum Gasteiger partial charge on any atom is -0.488 e. The van der Waals surface area contributed by atoms with E-state index in [4.69, 9.17) is 9.72 Å². The molecule has 228 valence electrons. The highest BCUT2D eigenvalue weighted by Crippen LogP contribution is 2.38. The third-order valence-electron chi connectivity index (χ3n) is 7.93. The van der Waals surface area contributed by atoms with Crippen LogP contribution in [0.25, 0.3) is 10.9 Å². The van der Waals surface area contributed by atoms with Gasteiger partial charge in [0.2, 0.25) is 5.91 Å². The van der Waals surface area contributed by atoms with E-state index in [9.17, 15) is 23.5 Å². The number of pyridine rings is 2. The highest BCUT2D eigenvalue weighted by molar-refractivity contribution is 5.95. The first-order valence-corrected chi connectivity index (χ1v) is 13.9. The van der Waals surface area contributed by atoms with Crippen molar-refractivity contribution < 1.29 is 27.8 Å². The third kappa shape index (κ3) is 6.10. The van der Waals surface area contributed by atoms with Crippen molar-refractivity contribution in [2.75, 3.05) is 45.7 Å². The molecule has 0 spiro atoms. The van der Waals surface area contributed by atoms with Crippen molar-refractivity contribution in [2.45, 2.75) is 51.7 Å². The second-order valence-electron chi connectivity index (χ2n) is 11.2. The van der Waals surface area contributed by atoms with E-state index >= 15 is 4.39 Å². The smallest absolute Gasteiger partial charge is 0.266 e. The Balaban J connectivity index is 1.86. The fourth-order valence-electron chi connectivity index (χ4n) is 5.40. The number of rotatable bonds is 9. The van der Waals surface area contributed by atoms with E-state index in [1.54, 1.807) is 31.9 Å². The van der Waals surface area contributed by atoms with Gasteiger partial charge >= 0.3 is 0 Å². The van der Waals surface area contributed by atoms with Gasteiger partial charge in [-0.05, 0) is 46.9 Å². The number of likely N-dealkylation sites (N-methyl/N-ethyl adjacent to an activating group) is 1. The first kappa shape index (κ1) is 31.3. The number of fused-ring (bicyclic) bond motifs is 1. The number of likely N-dealkylation sites (tertiary alicyclic amines) is 1. The molecule has 42 heavy (non-hydrogen) atoms. The number of ether oxygens (including phenoxy) is 1. The Kier molecular flexibility index (Phi) is 9.17. The Hall–Kier alpha value is -3.64. The van der Waals surface area contributed by atoms with Crippen LogP contribution in [0, 0.1) is 12.7 Å². The number of hydrogen-bond donors (Lipinski definition) is 2. The summed E-state index contributed by atoms with van der Waals surface area (Å²) >= 11 is 0. The van der Waals surface area contributed by atoms with Crippen LogP contribution >= 0.6 is 0 Å². The van der Waals surface area contributed by atoms with Crippen LogP contribution in [0.1, 0.15) is 61.5 Å². The van der Waals surface area contributed by atoms with Crippen LogP contribution in [0.2, 0.25) is 0 Å². The molecule has 1 atom stereocenters. The maximum Gasteiger partial charge on any atom is 0.266 e. The minimum atomic E-state index is -2.97. The van der Waals surface area contributed by atoms with Crippen molar-refractivity contribution >= 4 is 22.6 Å². The summed E-state index contributed by atoms with van der Waals surface area (Å²) in [6.45, 7) is 6.33. The molecule has 1 aliphatic rings. The van der Waals surface area contributed by atoms with E-state index in [-0.39, 0.29) is 35.7 Å². The average Bonchev–Trinajstić information content (AvgIpc) is 2.92. The van der Waals surface area contributed by atoms with Gasteiger partial charge in [0.15, 0.2) is 5.75 Å². The molecule has 2 N–H and O–H groups in total. The molecule has 0 aliphatic carbocycles. The van der Waals surface area contributed by atoms with Gasteiger partial charge in [-0.1, -0.05) is 18.2 Å². The summed E-state index contributed by atoms with van der Waals surface area (Å²) in [5, 5.41) is 15.2. The average molecular weight is 590 g/mol. The van der Waals surface area contributed by atoms with Gasteiger partial charge in [0, 0.05) is 50.1 Å². The molecule has 0 saturated carbocycles. The number of alkyl halides is 2. The number of aryl methyl sites for hydroxylation is 2. The topological polar surface area (TPSA) is 99.9 Å². The molecule has 1 fully saturated rings. The molecule has 12 heteroatoms. The highest BCUT2D eigenvalue weighted by atomic mass is 19.3. The SMILES string of the molecule is CC(=O)N1CCC(O)(c2cc3c(N[C@H](C)c4cccc(C(F)F)c4F)nc(C)c(OCCN(C)C)c3n(C)c2=O)CC1. The van der Waals surface area contributed by atoms with Crippen LogP contribution in [0.15, 0.2) is 29.1 Å². The first-order chi connectivity index (χ1) is 19.7. The number of carbonyl (C=O) groups excluding carboxylic acids is 1. The Morgan fingerprint density at radius 1 is 1.24 bits per heavy atom. The summed E-state index contributed by atoms with van der Waals surface area (Å²) < 4.78 is 49.3. The van der Waals surface area contributed by atoms with Crippen LogP contribution in [0.5, 0.6) is 5.75 Å². The predicted molar refractivity (Wildman–Crippen MR) is 155 cm³/mol. The lowest BCUT2D eigenvalue weighted by Gasteiger charge is -2.38. The van der Waals surface area contributed by atoms with E-state index < -0.39 is 35.0 Å². The van der Waals surface area contributed by atoms with E-state index in [1.165, 1.54) is 23.6 Å². The predicted octanol–water partition coefficient (Wildman–Crippen LogP) is 4.26. The minimum absolute atomic E-state index is 0.0342. The van der Waals surface area contributed by atoms with E-state index in [2.05, 4.69) is 5.32 Å². The monoisotopic (exact) mass is 589 g/mol. The van der Waals surface area contributed by atoms with Gasteiger partial charge in [-0.25, -0.2) is 18.2 Å². The number of aromatic nitrogens is 2. The standard InChI is InChI=1S/C30H38F3N5O4/c1-17(20-8-7-9-21(24(20)31)27(32)33)34-28-22-16-23(30(41)10-12-38(13-11-30)19(3)39)29(40)37(6)25(22)26(18(2)35-28)42-15-14-36(4)5/h7-9,16-17,27,41H,10-15H2,1-6H3,(H,34,35)/t17-/m1/s1. The van der Waals surface area contributed by atoms with Gasteiger partial charge in [-0.3, -0.25) is 9.59 Å². The number of halogens is 3. The molecule has 1 amide bonds. The molecular formula is C30H38F3N5O4. The second kappa shape index (κ2) is 12.3. The summed E-state index contributed by atoms with van der Waals surface area (Å²) in [5.74, 6) is -0.443. The normalized spacial score (nSPS) is 15.9. The van der Waals surface area contributed by atoms with Crippen LogP contribution in [-0.2, 0) is 17.4 Å². The summed E-state index contributed by atoms with van der Waals surface area (Å²) in [4.78, 5) is 33.9. The van der Waals surface area contributed by atoms with Gasteiger partial charge in [-0.2, -0.15) is 0 Å². The summed E-state index contributed by atoms with van der Waals surface area (Å²) in [5.41, 5.74) is -1.53. The third-order valence-corrected chi connectivity index (χ3v) is 7.93. The van der Waals surface area contributed by atoms with Crippen LogP contribution in [-0.4, -0.2) is 70.7 Å². The van der Waals surface area contributed by atoms with Crippen molar-refractivity contribution in [3.63, 3.8) is 0 Å². The fraction of sp³-hybridized carbons (Fsp3) is 0.500. The van der Waals surface area contributed by atoms with E-state index in [0.717, 1.165) is 6.07 Å². The Morgan fingerprint density at radius 3 is 2.48 bits per heavy atom. The number of piperidine rings is 1. The molecule has 3 aromatic rings. The summed E-state index contributed by atoms with van der Waals surface area (Å²) in [6, 6.07) is 4.66. The molecule has 2 aromatic heterocycles. The molecule has 9 nitrogen and oxygen atoms in total. The summed E-state index contributed by atoms with van der Waals surface area (Å²) in [6.07, 6.45) is -2.63. The van der Waals surface area contributed by atoms with Crippen LogP contribution in [0.3, 0.4) is 0 Å². The zero-order valence-electron chi connectivity index (χ0n) is 24.8. The Bertz CT molecular complexity index is 1530. The first-order valence-electron chi connectivity index (χ1n) is 13.9. The number of benzene rings is 1. The Morgan fingerprint density at radius 2 is 1.88 bits per heavy atom. The molecule has 3 heterocycles. The molecule has 1 aliphatic heterocycles. The zero-order valence-corrected chi connectivity index (χ0v) is 24.8. The molecule has 0 bridgehead atoms. The number of hydrogen-bond acceptors (Lipinski definition) is 7. The zero-order chi connectivity index (χ0) is 30.9. The van der Waals surface area contributed by atoms with Crippen LogP contribution in [0.4, 0.5) is 19.0 Å². The summed E-state index contributed by atoms with van der Waals surface area (Å²) in [7, 11) is 5.39. The number of aliphatic hydroxyl groups is 1. The van der Waals surface area contributed by atoms with Gasteiger partial charge < -0.3 is 29.5 Å². The quantitative estimate of drug-likeness (QED) is 0.385. The van der Waals surface area contributed by atoms with Crippen molar-refractivity contribution in [3.05, 3.63) is 62.8 Å². The number of nitrogens with zero attached hydrogens (tertiary/aromatic N) is 4. The highest BCUT2D eigenvalue weighted by Gasteiger charge is 2.38. The number of nitrogens with one attached hydrogen (secondary N) is 1. The van der Waals surface area contributed by atoms with Gasteiger partial charge in [0.25, 0.3) is 12.0 Å². The molecule has 1 saturated heterocycles. The fourth-order valence-corrected chi connectivity index (χ4v) is 5.40. The molecular weight excluding hydrogens is 551 g/mol.